The minimum absolute atomic E-state index is 0.00986. The number of carbonyl (C=O) groups excluding carboxylic acids is 1. The predicted molar refractivity (Wildman–Crippen MR) is 92.9 cm³/mol. The lowest BCUT2D eigenvalue weighted by atomic mass is 10.2. The maximum absolute atomic E-state index is 12.3. The van der Waals surface area contributed by atoms with Crippen molar-refractivity contribution in [2.75, 3.05) is 20.6 Å². The molecule has 0 saturated carbocycles. The molecule has 7 heteroatoms. The van der Waals surface area contributed by atoms with Crippen molar-refractivity contribution in [1.29, 1.82) is 0 Å². The molecule has 23 heavy (non-hydrogen) atoms. The molecule has 1 atom stereocenters. The Kier molecular flexibility index (Phi) is 4.90. The van der Waals surface area contributed by atoms with Crippen molar-refractivity contribution in [3.8, 4) is 9.88 Å². The second-order valence-corrected chi connectivity index (χ2v) is 7.03. The lowest BCUT2D eigenvalue weighted by Gasteiger charge is -2.22. The summed E-state index contributed by atoms with van der Waals surface area (Å²) < 4.78 is 5.44. The summed E-state index contributed by atoms with van der Waals surface area (Å²) in [5, 5.41) is 7.60. The Hall–Kier alpha value is -1.96. The molecular formula is C16H17N3O2S2. The molecule has 3 heterocycles. The molecule has 1 N–H and O–H groups in total. The summed E-state index contributed by atoms with van der Waals surface area (Å²) >= 11 is 3.10. The van der Waals surface area contributed by atoms with Gasteiger partial charge in [-0.3, -0.25) is 9.69 Å². The molecule has 0 aliphatic heterocycles. The second kappa shape index (κ2) is 7.08. The number of carbonyl (C=O) groups is 1. The third-order valence-corrected chi connectivity index (χ3v) is 5.30. The summed E-state index contributed by atoms with van der Waals surface area (Å²) in [7, 11) is 3.91. The molecule has 1 amide bonds. The van der Waals surface area contributed by atoms with Gasteiger partial charge in [-0.1, -0.05) is 6.07 Å². The highest BCUT2D eigenvalue weighted by molar-refractivity contribution is 7.20. The summed E-state index contributed by atoms with van der Waals surface area (Å²) in [5.74, 6) is 0.662. The van der Waals surface area contributed by atoms with Crippen molar-refractivity contribution in [1.82, 2.24) is 15.2 Å². The molecule has 120 valence electrons. The zero-order chi connectivity index (χ0) is 16.2. The van der Waals surface area contributed by atoms with Crippen LogP contribution in [0.5, 0.6) is 0 Å². The molecule has 0 aliphatic rings. The molecule has 0 aromatic carbocycles. The third-order valence-electron chi connectivity index (χ3n) is 3.42. The Morgan fingerprint density at radius 3 is 2.87 bits per heavy atom. The van der Waals surface area contributed by atoms with Crippen LogP contribution in [0.4, 0.5) is 0 Å². The van der Waals surface area contributed by atoms with Crippen molar-refractivity contribution < 1.29 is 9.21 Å². The molecule has 0 fully saturated rings. The zero-order valence-corrected chi connectivity index (χ0v) is 14.5. The maximum Gasteiger partial charge on any atom is 0.270 e. The fourth-order valence-electron chi connectivity index (χ4n) is 2.19. The first-order chi connectivity index (χ1) is 11.1. The van der Waals surface area contributed by atoms with Crippen molar-refractivity contribution in [3.05, 3.63) is 52.7 Å². The van der Waals surface area contributed by atoms with E-state index in [2.05, 4.69) is 10.3 Å². The van der Waals surface area contributed by atoms with E-state index in [1.165, 1.54) is 11.3 Å². The Morgan fingerprint density at radius 2 is 2.22 bits per heavy atom. The van der Waals surface area contributed by atoms with E-state index in [0.29, 0.717) is 12.2 Å². The first-order valence-corrected chi connectivity index (χ1v) is 8.88. The van der Waals surface area contributed by atoms with Crippen LogP contribution in [0.1, 0.15) is 22.3 Å². The minimum atomic E-state index is -0.164. The van der Waals surface area contributed by atoms with E-state index >= 15 is 0 Å². The van der Waals surface area contributed by atoms with Crippen LogP contribution in [0.25, 0.3) is 9.88 Å². The van der Waals surface area contributed by atoms with Gasteiger partial charge in [-0.2, -0.15) is 0 Å². The van der Waals surface area contributed by atoms with E-state index in [1.54, 1.807) is 23.0 Å². The van der Waals surface area contributed by atoms with E-state index in [9.17, 15) is 4.79 Å². The van der Waals surface area contributed by atoms with Crippen molar-refractivity contribution in [2.45, 2.75) is 6.04 Å². The SMILES string of the molecule is CN(C)C(CNC(=O)c1csc(-c2cccs2)n1)c1ccco1. The largest absolute Gasteiger partial charge is 0.468 e. The first kappa shape index (κ1) is 15.9. The monoisotopic (exact) mass is 347 g/mol. The van der Waals surface area contributed by atoms with Crippen molar-refractivity contribution >= 4 is 28.6 Å². The molecule has 3 aromatic heterocycles. The Labute approximate surface area is 142 Å². The van der Waals surface area contributed by atoms with Gasteiger partial charge in [0.2, 0.25) is 0 Å². The molecule has 3 aromatic rings. The number of thiazole rings is 1. The van der Waals surface area contributed by atoms with Crippen LogP contribution < -0.4 is 5.32 Å². The van der Waals surface area contributed by atoms with Crippen LogP contribution in [0.3, 0.4) is 0 Å². The second-order valence-electron chi connectivity index (χ2n) is 5.22. The molecule has 3 rings (SSSR count). The van der Waals surface area contributed by atoms with E-state index < -0.39 is 0 Å². The summed E-state index contributed by atoms with van der Waals surface area (Å²) in [6, 6.07) is 7.73. The van der Waals surface area contributed by atoms with Gasteiger partial charge in [0.1, 0.15) is 16.5 Å². The van der Waals surface area contributed by atoms with Crippen LogP contribution in [0, 0.1) is 0 Å². The summed E-state index contributed by atoms with van der Waals surface area (Å²) in [4.78, 5) is 19.8. The number of hydrogen-bond acceptors (Lipinski definition) is 6. The number of thiophene rings is 1. The van der Waals surface area contributed by atoms with Gasteiger partial charge in [0.05, 0.1) is 17.2 Å². The highest BCUT2D eigenvalue weighted by Crippen LogP contribution is 2.27. The van der Waals surface area contributed by atoms with Gasteiger partial charge in [-0.05, 0) is 37.7 Å². The fourth-order valence-corrected chi connectivity index (χ4v) is 3.80. The highest BCUT2D eigenvalue weighted by Gasteiger charge is 2.19. The predicted octanol–water partition coefficient (Wildman–Crippen LogP) is 3.50. The number of amides is 1. The lowest BCUT2D eigenvalue weighted by Crippen LogP contribution is -2.34. The maximum atomic E-state index is 12.3. The molecule has 0 spiro atoms. The van der Waals surface area contributed by atoms with Gasteiger partial charge in [0.15, 0.2) is 0 Å². The van der Waals surface area contributed by atoms with Crippen molar-refractivity contribution in [2.24, 2.45) is 0 Å². The van der Waals surface area contributed by atoms with Crippen LogP contribution >= 0.6 is 22.7 Å². The number of furan rings is 1. The van der Waals surface area contributed by atoms with Crippen LogP contribution in [-0.2, 0) is 0 Å². The van der Waals surface area contributed by atoms with E-state index in [-0.39, 0.29) is 11.9 Å². The average Bonchev–Trinajstić information content (AvgIpc) is 3.27. The Morgan fingerprint density at radius 1 is 1.35 bits per heavy atom. The number of rotatable bonds is 6. The molecule has 0 saturated heterocycles. The van der Waals surface area contributed by atoms with Gasteiger partial charge in [-0.15, -0.1) is 22.7 Å². The normalized spacial score (nSPS) is 12.5. The Balaban J connectivity index is 1.65. The molecule has 0 bridgehead atoms. The molecule has 0 aliphatic carbocycles. The Bertz CT molecular complexity index is 748. The minimum Gasteiger partial charge on any atom is -0.468 e. The first-order valence-electron chi connectivity index (χ1n) is 7.12. The number of likely N-dealkylation sites (N-methyl/N-ethyl adjacent to an activating group) is 1. The summed E-state index contributed by atoms with van der Waals surface area (Å²) in [5.41, 5.74) is 0.454. The topological polar surface area (TPSA) is 58.4 Å². The lowest BCUT2D eigenvalue weighted by molar-refractivity contribution is 0.0935. The van der Waals surface area contributed by atoms with Gasteiger partial charge < -0.3 is 9.73 Å². The van der Waals surface area contributed by atoms with E-state index in [0.717, 1.165) is 15.6 Å². The molecule has 1 unspecified atom stereocenters. The molecule has 5 nitrogen and oxygen atoms in total. The number of nitrogens with one attached hydrogen (secondary N) is 1. The van der Waals surface area contributed by atoms with E-state index in [4.69, 9.17) is 4.42 Å². The molecular weight excluding hydrogens is 330 g/mol. The summed E-state index contributed by atoms with van der Waals surface area (Å²) in [6.07, 6.45) is 1.64. The fraction of sp³-hybridized carbons (Fsp3) is 0.250. The zero-order valence-electron chi connectivity index (χ0n) is 12.9. The third kappa shape index (κ3) is 3.69. The number of aromatic nitrogens is 1. The van der Waals surface area contributed by atoms with Gasteiger partial charge in [0, 0.05) is 11.9 Å². The summed E-state index contributed by atoms with van der Waals surface area (Å²) in [6.45, 7) is 0.464. The van der Waals surface area contributed by atoms with Gasteiger partial charge in [0.25, 0.3) is 5.91 Å². The number of nitrogens with zero attached hydrogens (tertiary/aromatic N) is 2. The number of hydrogen-bond donors (Lipinski definition) is 1. The quantitative estimate of drug-likeness (QED) is 0.741. The van der Waals surface area contributed by atoms with Gasteiger partial charge in [-0.25, -0.2) is 4.98 Å². The standard InChI is InChI=1S/C16H17N3O2S2/c1-19(2)12(13-5-3-7-21-13)9-17-15(20)11-10-23-16(18-11)14-6-4-8-22-14/h3-8,10,12H,9H2,1-2H3,(H,17,20). The van der Waals surface area contributed by atoms with Crippen LogP contribution in [0.15, 0.2) is 45.7 Å². The van der Waals surface area contributed by atoms with Crippen LogP contribution in [-0.4, -0.2) is 36.4 Å². The molecule has 0 radical (unpaired) electrons. The van der Waals surface area contributed by atoms with Gasteiger partial charge >= 0.3 is 0 Å². The van der Waals surface area contributed by atoms with Crippen molar-refractivity contribution in [3.63, 3.8) is 0 Å². The van der Waals surface area contributed by atoms with E-state index in [1.807, 2.05) is 48.6 Å². The van der Waals surface area contributed by atoms with Crippen LogP contribution in [0.2, 0.25) is 0 Å². The highest BCUT2D eigenvalue weighted by atomic mass is 32.1. The smallest absolute Gasteiger partial charge is 0.270 e. The average molecular weight is 347 g/mol.